The molecule has 0 spiro atoms. The Hall–Kier alpha value is -1.10. The van der Waals surface area contributed by atoms with Crippen LogP contribution in [0.3, 0.4) is 0 Å². The standard InChI is InChI=1S/C10H16N2O2/c11-7-9(13)5-3-1-2-4-6-10(14)8-12/h9-10,13-14H,1-6H2. The molecule has 4 nitrogen and oxygen atoms in total. The molecule has 0 bridgehead atoms. The van der Waals surface area contributed by atoms with Gasteiger partial charge in [-0.25, -0.2) is 0 Å². The summed E-state index contributed by atoms with van der Waals surface area (Å²) in [6, 6.07) is 3.51. The second kappa shape index (κ2) is 8.50. The minimum Gasteiger partial charge on any atom is -0.378 e. The summed E-state index contributed by atoms with van der Waals surface area (Å²) >= 11 is 0. The third-order valence-electron chi connectivity index (χ3n) is 2.00. The summed E-state index contributed by atoms with van der Waals surface area (Å²) in [5, 5.41) is 34.3. The number of aliphatic hydroxyl groups excluding tert-OH is 2. The highest BCUT2D eigenvalue weighted by atomic mass is 16.3. The normalized spacial score (nSPS) is 14.0. The van der Waals surface area contributed by atoms with Gasteiger partial charge in [0.2, 0.25) is 0 Å². The number of rotatable bonds is 7. The molecule has 2 unspecified atom stereocenters. The van der Waals surface area contributed by atoms with Crippen molar-refractivity contribution in [3.63, 3.8) is 0 Å². The van der Waals surface area contributed by atoms with Crippen LogP contribution in [-0.2, 0) is 0 Å². The van der Waals surface area contributed by atoms with Crippen molar-refractivity contribution < 1.29 is 10.2 Å². The van der Waals surface area contributed by atoms with Crippen molar-refractivity contribution in [1.29, 1.82) is 10.5 Å². The Labute approximate surface area is 84.4 Å². The molecule has 0 aliphatic carbocycles. The van der Waals surface area contributed by atoms with Gasteiger partial charge in [0.25, 0.3) is 0 Å². The Kier molecular flexibility index (Phi) is 7.83. The maximum absolute atomic E-state index is 8.90. The molecule has 0 heterocycles. The molecule has 0 aliphatic heterocycles. The van der Waals surface area contributed by atoms with E-state index in [4.69, 9.17) is 20.7 Å². The van der Waals surface area contributed by atoms with E-state index in [1.807, 2.05) is 0 Å². The molecule has 2 atom stereocenters. The Balaban J connectivity index is 3.16. The molecule has 0 radical (unpaired) electrons. The molecule has 14 heavy (non-hydrogen) atoms. The molecule has 2 N–H and O–H groups in total. The van der Waals surface area contributed by atoms with Gasteiger partial charge in [-0.2, -0.15) is 10.5 Å². The molecule has 0 saturated carbocycles. The van der Waals surface area contributed by atoms with Crippen LogP contribution in [-0.4, -0.2) is 22.4 Å². The number of nitriles is 2. The van der Waals surface area contributed by atoms with E-state index in [2.05, 4.69) is 0 Å². The van der Waals surface area contributed by atoms with Crippen molar-refractivity contribution in [2.75, 3.05) is 0 Å². The van der Waals surface area contributed by atoms with Gasteiger partial charge < -0.3 is 10.2 Å². The summed E-state index contributed by atoms with van der Waals surface area (Å²) in [7, 11) is 0. The maximum Gasteiger partial charge on any atom is 0.140 e. The largest absolute Gasteiger partial charge is 0.378 e. The van der Waals surface area contributed by atoms with Gasteiger partial charge in [-0.3, -0.25) is 0 Å². The van der Waals surface area contributed by atoms with Gasteiger partial charge in [-0.1, -0.05) is 12.8 Å². The van der Waals surface area contributed by atoms with Crippen LogP contribution in [0.2, 0.25) is 0 Å². The molecule has 4 heteroatoms. The first-order valence-electron chi connectivity index (χ1n) is 4.86. The third kappa shape index (κ3) is 7.54. The first-order chi connectivity index (χ1) is 6.70. The van der Waals surface area contributed by atoms with Gasteiger partial charge >= 0.3 is 0 Å². The number of hydrogen-bond acceptors (Lipinski definition) is 4. The van der Waals surface area contributed by atoms with E-state index in [1.54, 1.807) is 12.1 Å². The fourth-order valence-corrected chi connectivity index (χ4v) is 1.16. The van der Waals surface area contributed by atoms with Crippen LogP contribution in [0.1, 0.15) is 38.5 Å². The van der Waals surface area contributed by atoms with Crippen molar-refractivity contribution in [1.82, 2.24) is 0 Å². The highest BCUT2D eigenvalue weighted by Crippen LogP contribution is 2.08. The summed E-state index contributed by atoms with van der Waals surface area (Å²) in [5.74, 6) is 0. The van der Waals surface area contributed by atoms with E-state index < -0.39 is 12.2 Å². The lowest BCUT2D eigenvalue weighted by Gasteiger charge is -2.03. The van der Waals surface area contributed by atoms with Crippen molar-refractivity contribution >= 4 is 0 Å². The minimum atomic E-state index is -0.848. The second-order valence-corrected chi connectivity index (χ2v) is 3.28. The molecule has 0 fully saturated rings. The summed E-state index contributed by atoms with van der Waals surface area (Å²) < 4.78 is 0. The molecule has 0 rings (SSSR count). The first kappa shape index (κ1) is 12.9. The van der Waals surface area contributed by atoms with Gasteiger partial charge in [0.1, 0.15) is 12.2 Å². The zero-order valence-corrected chi connectivity index (χ0v) is 8.19. The van der Waals surface area contributed by atoms with Gasteiger partial charge in [0.15, 0.2) is 0 Å². The van der Waals surface area contributed by atoms with E-state index in [0.29, 0.717) is 12.8 Å². The zero-order chi connectivity index (χ0) is 10.8. The van der Waals surface area contributed by atoms with E-state index in [1.165, 1.54) is 0 Å². The van der Waals surface area contributed by atoms with E-state index in [-0.39, 0.29) is 0 Å². The minimum absolute atomic E-state index is 0.511. The average molecular weight is 196 g/mol. The molecule has 78 valence electrons. The van der Waals surface area contributed by atoms with Gasteiger partial charge in [0.05, 0.1) is 12.1 Å². The van der Waals surface area contributed by atoms with Crippen LogP contribution in [0, 0.1) is 22.7 Å². The lowest BCUT2D eigenvalue weighted by molar-refractivity contribution is 0.208. The molecular formula is C10H16N2O2. The smallest absolute Gasteiger partial charge is 0.140 e. The fraction of sp³-hybridized carbons (Fsp3) is 0.800. The zero-order valence-electron chi connectivity index (χ0n) is 8.19. The van der Waals surface area contributed by atoms with Crippen LogP contribution in [0.4, 0.5) is 0 Å². The van der Waals surface area contributed by atoms with Crippen LogP contribution >= 0.6 is 0 Å². The Morgan fingerprint density at radius 3 is 1.43 bits per heavy atom. The van der Waals surface area contributed by atoms with Gasteiger partial charge in [0, 0.05) is 0 Å². The highest BCUT2D eigenvalue weighted by molar-refractivity contribution is 4.82. The Bertz CT molecular complexity index is 193. The van der Waals surface area contributed by atoms with Crippen LogP contribution in [0.15, 0.2) is 0 Å². The number of aliphatic hydroxyl groups is 2. The molecule has 0 aromatic carbocycles. The van der Waals surface area contributed by atoms with Crippen LogP contribution in [0.25, 0.3) is 0 Å². The quantitative estimate of drug-likeness (QED) is 0.471. The lowest BCUT2D eigenvalue weighted by Crippen LogP contribution is -2.03. The third-order valence-corrected chi connectivity index (χ3v) is 2.00. The SMILES string of the molecule is N#CC(O)CCCCCCC(O)C#N. The second-order valence-electron chi connectivity index (χ2n) is 3.28. The summed E-state index contributed by atoms with van der Waals surface area (Å²) in [4.78, 5) is 0. The molecule has 0 aliphatic rings. The maximum atomic E-state index is 8.90. The molecule has 0 aromatic rings. The van der Waals surface area contributed by atoms with Crippen molar-refractivity contribution in [3.8, 4) is 12.1 Å². The monoisotopic (exact) mass is 196 g/mol. The predicted molar refractivity (Wildman–Crippen MR) is 50.9 cm³/mol. The molecule has 0 saturated heterocycles. The van der Waals surface area contributed by atoms with Crippen molar-refractivity contribution in [2.24, 2.45) is 0 Å². The van der Waals surface area contributed by atoms with E-state index >= 15 is 0 Å². The van der Waals surface area contributed by atoms with Crippen molar-refractivity contribution in [2.45, 2.75) is 50.7 Å². The predicted octanol–water partition coefficient (Wildman–Crippen LogP) is 1.10. The first-order valence-corrected chi connectivity index (χ1v) is 4.86. The Morgan fingerprint density at radius 1 is 0.786 bits per heavy atom. The van der Waals surface area contributed by atoms with E-state index in [9.17, 15) is 0 Å². The molecule has 0 aromatic heterocycles. The average Bonchev–Trinajstić information content (AvgIpc) is 2.22. The van der Waals surface area contributed by atoms with Crippen LogP contribution in [0.5, 0.6) is 0 Å². The number of nitrogens with zero attached hydrogens (tertiary/aromatic N) is 2. The summed E-state index contributed by atoms with van der Waals surface area (Å²) in [6.07, 6.45) is 2.82. The molecular weight excluding hydrogens is 180 g/mol. The van der Waals surface area contributed by atoms with Gasteiger partial charge in [-0.15, -0.1) is 0 Å². The lowest BCUT2D eigenvalue weighted by atomic mass is 10.1. The van der Waals surface area contributed by atoms with Crippen LogP contribution < -0.4 is 0 Å². The van der Waals surface area contributed by atoms with E-state index in [0.717, 1.165) is 25.7 Å². The fourth-order valence-electron chi connectivity index (χ4n) is 1.16. The number of unbranched alkanes of at least 4 members (excludes halogenated alkanes) is 3. The number of hydrogen-bond donors (Lipinski definition) is 2. The Morgan fingerprint density at radius 2 is 1.14 bits per heavy atom. The molecule has 0 amide bonds. The summed E-state index contributed by atoms with van der Waals surface area (Å²) in [5.41, 5.74) is 0. The highest BCUT2D eigenvalue weighted by Gasteiger charge is 2.02. The van der Waals surface area contributed by atoms with Gasteiger partial charge in [-0.05, 0) is 25.7 Å². The van der Waals surface area contributed by atoms with Crippen molar-refractivity contribution in [3.05, 3.63) is 0 Å². The topological polar surface area (TPSA) is 88.0 Å². The summed E-state index contributed by atoms with van der Waals surface area (Å²) in [6.45, 7) is 0.